The molecule has 22 rings (SSSR count). The molecule has 2 aliphatic carbocycles. The maximum Gasteiger partial charge on any atom is 0.297 e. The van der Waals surface area contributed by atoms with Crippen LogP contribution in [0.4, 0.5) is 85.3 Å². The van der Waals surface area contributed by atoms with Crippen molar-refractivity contribution in [3.63, 3.8) is 0 Å². The molecule has 0 N–H and O–H groups in total. The molecule has 6 heterocycles. The average molecular weight is 1850 g/mol. The molecule has 0 radical (unpaired) electrons. The first-order valence-electron chi connectivity index (χ1n) is 52.0. The molecule has 4 aliphatic heterocycles. The topological polar surface area (TPSA) is 42.5 Å². The lowest BCUT2D eigenvalue weighted by Crippen LogP contribution is -2.61. The fourth-order valence-corrected chi connectivity index (χ4v) is 24.3. The molecule has 0 amide bonds. The van der Waals surface area contributed by atoms with Gasteiger partial charge in [0.1, 0.15) is 11.2 Å². The summed E-state index contributed by atoms with van der Waals surface area (Å²) in [6, 6.07) is 112. The first-order valence-corrected chi connectivity index (χ1v) is 52.0. The smallest absolute Gasteiger partial charge is 0.297 e. The van der Waals surface area contributed by atoms with Gasteiger partial charge in [0, 0.05) is 78.8 Å². The van der Waals surface area contributed by atoms with Gasteiger partial charge in [0.25, 0.3) is 13.4 Å². The molecule has 0 atom stereocenters. The van der Waals surface area contributed by atoms with Gasteiger partial charge >= 0.3 is 0 Å². The average Bonchev–Trinajstić information content (AvgIpc) is 1.56. The van der Waals surface area contributed by atoms with Crippen LogP contribution < -0.4 is 57.7 Å². The van der Waals surface area contributed by atoms with Crippen LogP contribution in [0.3, 0.4) is 0 Å². The third kappa shape index (κ3) is 15.6. The number of fused-ring (bicyclic) bond motifs is 14. The summed E-state index contributed by atoms with van der Waals surface area (Å²) < 4.78 is 16.2. The van der Waals surface area contributed by atoms with E-state index in [4.69, 9.17) is 8.83 Å². The molecule has 7 nitrogen and oxygen atoms in total. The molecule has 712 valence electrons. The van der Waals surface area contributed by atoms with Crippen LogP contribution in [-0.4, -0.2) is 13.4 Å². The van der Waals surface area contributed by atoms with Gasteiger partial charge in [-0.2, -0.15) is 0 Å². The number of hydrogen-bond acceptors (Lipinski definition) is 7. The minimum absolute atomic E-state index is 0.0594. The first kappa shape index (κ1) is 93.3. The fourth-order valence-electron chi connectivity index (χ4n) is 24.3. The number of furan rings is 2. The molecule has 9 heteroatoms. The van der Waals surface area contributed by atoms with Crippen LogP contribution in [0, 0.1) is 0 Å². The number of benzene rings is 14. The first-order chi connectivity index (χ1) is 66.4. The third-order valence-electron chi connectivity index (χ3n) is 33.2. The van der Waals surface area contributed by atoms with Crippen molar-refractivity contribution in [2.75, 3.05) is 24.5 Å². The second-order valence-electron chi connectivity index (χ2n) is 51.7. The van der Waals surface area contributed by atoms with Crippen molar-refractivity contribution in [2.24, 2.45) is 0 Å². The lowest BCUT2D eigenvalue weighted by molar-refractivity contribution is 0.332. The summed E-state index contributed by atoms with van der Waals surface area (Å²) in [6.45, 7) is 66.3. The Balaban J connectivity index is 0.767. The highest BCUT2D eigenvalue weighted by Crippen LogP contribution is 2.59. The van der Waals surface area contributed by atoms with Crippen molar-refractivity contribution in [3.8, 4) is 22.3 Å². The van der Waals surface area contributed by atoms with Crippen molar-refractivity contribution in [1.82, 2.24) is 0 Å². The van der Waals surface area contributed by atoms with Gasteiger partial charge in [-0.15, -0.1) is 0 Å². The second-order valence-corrected chi connectivity index (χ2v) is 51.7. The molecular weight excluding hydrogens is 1710 g/mol. The van der Waals surface area contributed by atoms with E-state index < -0.39 is 5.41 Å². The lowest BCUT2D eigenvalue weighted by atomic mass is 9.35. The minimum Gasteiger partial charge on any atom is -0.468 e. The predicted molar refractivity (Wildman–Crippen MR) is 606 cm³/mol. The monoisotopic (exact) mass is 1850 g/mol. The Bertz CT molecular complexity index is 7730. The van der Waals surface area contributed by atoms with Gasteiger partial charge in [-0.1, -0.05) is 346 Å². The van der Waals surface area contributed by atoms with Crippen molar-refractivity contribution >= 4 is 154 Å². The highest BCUT2D eigenvalue weighted by Gasteiger charge is 2.53. The minimum atomic E-state index is -0.445. The van der Waals surface area contributed by atoms with Gasteiger partial charge in [0.05, 0.1) is 39.8 Å². The molecule has 0 spiro atoms. The van der Waals surface area contributed by atoms with Crippen LogP contribution >= 0.6 is 0 Å². The van der Waals surface area contributed by atoms with E-state index in [1.165, 1.54) is 111 Å². The van der Waals surface area contributed by atoms with Crippen molar-refractivity contribution < 1.29 is 8.83 Å². The number of anilines is 15. The highest BCUT2D eigenvalue weighted by molar-refractivity contribution is 7.00. The summed E-state index contributed by atoms with van der Waals surface area (Å²) in [6.07, 6.45) is 5.10. The summed E-state index contributed by atoms with van der Waals surface area (Å²) in [5.41, 5.74) is 44.2. The van der Waals surface area contributed by atoms with Gasteiger partial charge in [-0.25, -0.2) is 0 Å². The van der Waals surface area contributed by atoms with E-state index in [1.807, 2.05) is 0 Å². The quantitative estimate of drug-likeness (QED) is 0.113. The van der Waals surface area contributed by atoms with E-state index in [2.05, 4.69) is 503 Å². The predicted octanol–water partition coefficient (Wildman–Crippen LogP) is 33.2. The zero-order chi connectivity index (χ0) is 99.4. The van der Waals surface area contributed by atoms with Crippen molar-refractivity contribution in [3.05, 3.63) is 352 Å². The summed E-state index contributed by atoms with van der Waals surface area (Å²) in [5, 5.41) is 2.28. The molecular formula is C132H141B2N5O2. The summed E-state index contributed by atoms with van der Waals surface area (Å²) >= 11 is 0. The Morgan fingerprint density at radius 3 is 1.01 bits per heavy atom. The largest absolute Gasteiger partial charge is 0.468 e. The van der Waals surface area contributed by atoms with Gasteiger partial charge in [-0.3, -0.25) is 0 Å². The van der Waals surface area contributed by atoms with Crippen LogP contribution in [0.5, 0.6) is 0 Å². The Kier molecular flexibility index (Phi) is 21.3. The van der Waals surface area contributed by atoms with E-state index in [-0.39, 0.29) is 67.6 Å². The molecule has 16 aromatic rings. The Hall–Kier alpha value is -12.7. The molecule has 0 saturated heterocycles. The van der Waals surface area contributed by atoms with Crippen LogP contribution in [0.2, 0.25) is 0 Å². The summed E-state index contributed by atoms with van der Waals surface area (Å²) in [4.78, 5) is 13.1. The van der Waals surface area contributed by atoms with Gasteiger partial charge in [0.15, 0.2) is 0 Å². The second kappa shape index (κ2) is 32.1. The van der Waals surface area contributed by atoms with E-state index >= 15 is 0 Å². The maximum atomic E-state index is 8.10. The molecule has 2 aromatic heterocycles. The van der Waals surface area contributed by atoms with Crippen LogP contribution in [0.25, 0.3) is 44.2 Å². The number of hydrogen-bond donors (Lipinski definition) is 0. The van der Waals surface area contributed by atoms with Crippen LogP contribution in [0.15, 0.2) is 294 Å². The number of rotatable bonds is 12. The standard InChI is InChI=1S/C132H141B2N5O2/c1-122(2,3)84-47-55-92(56-48-84)136-109-62-54-89(71-105(109)134-116-110(136)72-90(127(16,17)18)73-111(116)138(106-59-51-86(124(7,8)9)68-96(106)82-40-32-29-33-41-82)118-98-76-100-102(78-114(98)140-120(118)134)130(23,24)65-63-128(100,19)20)132(27,28)80-81-39-38-46-94(67-81)135(91-44-36-31-37-45-91)95-74-112-117-113(75-95)139(107-60-52-87(125(10,11)12)69-97(107)83-42-34-30-35-43-83)119-99-77-101-103(131(25,26)66-64-129(101,21)22)79-115(99)141-121(119)133(117)104-70-88(126(13,14)15)53-61-108(104)137(112)93-57-49-85(50-58-93)123(4,5)6/h29-62,67-79H,63-66,80H2,1-28H3. The molecule has 0 saturated carbocycles. The third-order valence-corrected chi connectivity index (χ3v) is 33.2. The highest BCUT2D eigenvalue weighted by atomic mass is 16.3. The molecule has 141 heavy (non-hydrogen) atoms. The summed E-state index contributed by atoms with van der Waals surface area (Å²) in [7, 11) is 0. The molecule has 6 aliphatic rings. The zero-order valence-electron chi connectivity index (χ0n) is 88.9. The van der Waals surface area contributed by atoms with Crippen molar-refractivity contribution in [2.45, 2.75) is 286 Å². The lowest BCUT2D eigenvalue weighted by Gasteiger charge is -2.44. The molecule has 14 aromatic carbocycles. The number of nitrogens with zero attached hydrogens (tertiary/aromatic N) is 5. The maximum absolute atomic E-state index is 8.10. The zero-order valence-corrected chi connectivity index (χ0v) is 88.9. The van der Waals surface area contributed by atoms with Crippen LogP contribution in [-0.2, 0) is 66.0 Å². The molecule has 0 unspecified atom stereocenters. The van der Waals surface area contributed by atoms with E-state index in [0.717, 1.165) is 150 Å². The van der Waals surface area contributed by atoms with E-state index in [0.29, 0.717) is 0 Å². The van der Waals surface area contributed by atoms with E-state index in [9.17, 15) is 0 Å². The van der Waals surface area contributed by atoms with Crippen LogP contribution in [0.1, 0.15) is 286 Å². The van der Waals surface area contributed by atoms with Crippen molar-refractivity contribution in [1.29, 1.82) is 0 Å². The van der Waals surface area contributed by atoms with E-state index in [1.54, 1.807) is 0 Å². The van der Waals surface area contributed by atoms with Gasteiger partial charge in [0.2, 0.25) is 0 Å². The fraction of sp³-hybridized carbons (Fsp3) is 0.333. The Labute approximate surface area is 841 Å². The molecule has 0 bridgehead atoms. The SMILES string of the molecule is CC(C)(C)c1ccc(N2c3ccc(C(C)(C)C)cc3B3c4oc5cc6c(cc5c4N(c4ccc(C(C)(C)C)cc4-c4ccccc4)c4cc(N(c5ccccc5)c5cccc(CC(C)(C)c7ccc8c(c7)B7c9oc%10cc%11c(cc%10c9N(c9ccc(C(C)(C)C)cc9-c9ccccc9)c9cc(C(C)(C)C)cc(c97)N8c7ccc(C(C)(C)C)cc7)C(C)(C)CCC%11(C)C)c5)cc2c43)C(C)(C)CCC6(C)C)cc1. The normalized spacial score (nSPS) is 16.1. The van der Waals surface area contributed by atoms with Gasteiger partial charge < -0.3 is 33.3 Å². The van der Waals surface area contributed by atoms with Gasteiger partial charge in [-0.05, 0) is 325 Å². The number of para-hydroxylation sites is 1. The Morgan fingerprint density at radius 2 is 0.610 bits per heavy atom. The molecule has 0 fully saturated rings. The summed E-state index contributed by atoms with van der Waals surface area (Å²) in [5.74, 6) is 0. The Morgan fingerprint density at radius 1 is 0.277 bits per heavy atom.